The number of rotatable bonds is 4. The summed E-state index contributed by atoms with van der Waals surface area (Å²) in [6.07, 6.45) is 4.14. The van der Waals surface area contributed by atoms with E-state index in [4.69, 9.17) is 4.74 Å². The number of aryl methyl sites for hydroxylation is 1. The first-order valence-corrected chi connectivity index (χ1v) is 9.94. The molecule has 0 aliphatic carbocycles. The number of anilines is 1. The molecule has 2 bridgehead atoms. The highest BCUT2D eigenvalue weighted by molar-refractivity contribution is 5.94. The van der Waals surface area contributed by atoms with Crippen molar-refractivity contribution in [3.63, 3.8) is 0 Å². The number of hydrogen-bond donors (Lipinski definition) is 1. The number of benzene rings is 1. The van der Waals surface area contributed by atoms with E-state index >= 15 is 0 Å². The fourth-order valence-corrected chi connectivity index (χ4v) is 5.38. The second-order valence-corrected chi connectivity index (χ2v) is 8.27. The van der Waals surface area contributed by atoms with Crippen LogP contribution in [0.15, 0.2) is 42.6 Å². The zero-order chi connectivity index (χ0) is 19.3. The third kappa shape index (κ3) is 2.78. The van der Waals surface area contributed by atoms with E-state index in [0.717, 1.165) is 31.7 Å². The van der Waals surface area contributed by atoms with Gasteiger partial charge in [0.2, 0.25) is 0 Å². The zero-order valence-electron chi connectivity index (χ0n) is 15.9. The highest BCUT2D eigenvalue weighted by Crippen LogP contribution is 2.55. The van der Waals surface area contributed by atoms with Crippen molar-refractivity contribution in [3.8, 4) is 0 Å². The normalized spacial score (nSPS) is 30.5. The van der Waals surface area contributed by atoms with E-state index in [9.17, 15) is 9.18 Å². The van der Waals surface area contributed by atoms with Crippen molar-refractivity contribution in [1.29, 1.82) is 0 Å². The van der Waals surface area contributed by atoms with Crippen LogP contribution in [-0.4, -0.2) is 42.2 Å². The summed E-state index contributed by atoms with van der Waals surface area (Å²) in [6.45, 7) is 4.40. The molecule has 146 valence electrons. The van der Waals surface area contributed by atoms with Crippen LogP contribution in [0.2, 0.25) is 0 Å². The minimum atomic E-state index is -0.396. The smallest absolute Gasteiger partial charge is 0.251 e. The monoisotopic (exact) mass is 381 g/mol. The maximum Gasteiger partial charge on any atom is 0.251 e. The molecule has 3 saturated heterocycles. The van der Waals surface area contributed by atoms with Gasteiger partial charge in [-0.25, -0.2) is 9.37 Å². The minimum Gasteiger partial charge on any atom is -0.369 e. The summed E-state index contributed by atoms with van der Waals surface area (Å²) >= 11 is 0. The molecule has 4 heterocycles. The van der Waals surface area contributed by atoms with Gasteiger partial charge in [-0.3, -0.25) is 4.79 Å². The van der Waals surface area contributed by atoms with E-state index in [1.165, 1.54) is 17.7 Å². The fourth-order valence-electron chi connectivity index (χ4n) is 5.38. The molecule has 28 heavy (non-hydrogen) atoms. The molecule has 4 atom stereocenters. The summed E-state index contributed by atoms with van der Waals surface area (Å²) in [6, 6.07) is 9.86. The van der Waals surface area contributed by atoms with Crippen LogP contribution in [-0.2, 0) is 4.74 Å². The number of amides is 1. The van der Waals surface area contributed by atoms with Gasteiger partial charge in [0.25, 0.3) is 5.91 Å². The average molecular weight is 381 g/mol. The lowest BCUT2D eigenvalue weighted by Crippen LogP contribution is -2.41. The molecule has 1 amide bonds. The third-order valence-electron chi connectivity index (χ3n) is 6.65. The summed E-state index contributed by atoms with van der Waals surface area (Å²) in [7, 11) is 0. The quantitative estimate of drug-likeness (QED) is 0.885. The SMILES string of the molecule is Cc1cccnc1N1C[C@@H]2[C@H](CNC(=O)c3cccc(F)c3)[C@H]3CC[C@]2(C1)O3. The van der Waals surface area contributed by atoms with Gasteiger partial charge < -0.3 is 15.0 Å². The molecular weight excluding hydrogens is 357 g/mol. The summed E-state index contributed by atoms with van der Waals surface area (Å²) < 4.78 is 19.9. The second-order valence-electron chi connectivity index (χ2n) is 8.27. The van der Waals surface area contributed by atoms with Gasteiger partial charge in [-0.2, -0.15) is 0 Å². The molecule has 0 unspecified atom stereocenters. The minimum absolute atomic E-state index is 0.122. The number of nitrogens with one attached hydrogen (secondary N) is 1. The standard InChI is InChI=1S/C22H24FN3O2/c1-14-4-3-9-24-20(14)26-12-18-17(19-7-8-22(18,13-26)28-19)11-25-21(27)15-5-2-6-16(23)10-15/h2-6,9-10,17-19H,7-8,11-13H2,1H3,(H,25,27)/t17-,18+,19+,22+/m0/s1. The highest BCUT2D eigenvalue weighted by atomic mass is 19.1. The van der Waals surface area contributed by atoms with Crippen molar-refractivity contribution in [2.24, 2.45) is 11.8 Å². The number of hydrogen-bond acceptors (Lipinski definition) is 4. The number of pyridine rings is 1. The molecule has 0 radical (unpaired) electrons. The summed E-state index contributed by atoms with van der Waals surface area (Å²) in [5.74, 6) is 1.06. The van der Waals surface area contributed by atoms with Crippen LogP contribution in [0.3, 0.4) is 0 Å². The average Bonchev–Trinajstić information content (AvgIpc) is 3.35. The number of aromatic nitrogens is 1. The summed E-state index contributed by atoms with van der Waals surface area (Å²) in [5.41, 5.74) is 1.41. The molecule has 3 aliphatic rings. The molecule has 6 heteroatoms. The van der Waals surface area contributed by atoms with E-state index in [1.54, 1.807) is 12.1 Å². The molecule has 0 saturated carbocycles. The van der Waals surface area contributed by atoms with Gasteiger partial charge >= 0.3 is 0 Å². The van der Waals surface area contributed by atoms with Crippen molar-refractivity contribution in [3.05, 3.63) is 59.5 Å². The molecule has 5 nitrogen and oxygen atoms in total. The largest absolute Gasteiger partial charge is 0.369 e. The predicted molar refractivity (Wildman–Crippen MR) is 104 cm³/mol. The van der Waals surface area contributed by atoms with Crippen molar-refractivity contribution in [1.82, 2.24) is 10.3 Å². The lowest BCUT2D eigenvalue weighted by atomic mass is 9.73. The maximum atomic E-state index is 13.4. The Labute approximate surface area is 163 Å². The Balaban J connectivity index is 1.31. The lowest BCUT2D eigenvalue weighted by Gasteiger charge is -2.29. The number of carbonyl (C=O) groups excluding carboxylic acids is 1. The molecule has 3 aliphatic heterocycles. The number of carbonyl (C=O) groups is 1. The lowest BCUT2D eigenvalue weighted by molar-refractivity contribution is 0.0141. The summed E-state index contributed by atoms with van der Waals surface area (Å²) in [4.78, 5) is 19.4. The van der Waals surface area contributed by atoms with E-state index in [1.807, 2.05) is 12.3 Å². The van der Waals surface area contributed by atoms with Crippen molar-refractivity contribution in [2.75, 3.05) is 24.5 Å². The first-order chi connectivity index (χ1) is 13.6. The van der Waals surface area contributed by atoms with Gasteiger partial charge in [0.05, 0.1) is 11.7 Å². The Morgan fingerprint density at radius 2 is 2.29 bits per heavy atom. The topological polar surface area (TPSA) is 54.5 Å². The fraction of sp³-hybridized carbons (Fsp3) is 0.455. The summed E-state index contributed by atoms with van der Waals surface area (Å²) in [5, 5.41) is 3.01. The van der Waals surface area contributed by atoms with Crippen molar-refractivity contribution >= 4 is 11.7 Å². The van der Waals surface area contributed by atoms with Crippen LogP contribution >= 0.6 is 0 Å². The molecule has 1 N–H and O–H groups in total. The van der Waals surface area contributed by atoms with E-state index in [0.29, 0.717) is 18.0 Å². The van der Waals surface area contributed by atoms with Gasteiger partial charge in [0, 0.05) is 43.2 Å². The Morgan fingerprint density at radius 1 is 1.39 bits per heavy atom. The Bertz CT molecular complexity index is 920. The zero-order valence-corrected chi connectivity index (χ0v) is 15.9. The van der Waals surface area contributed by atoms with Gasteiger partial charge in [0.1, 0.15) is 11.6 Å². The molecular formula is C22H24FN3O2. The van der Waals surface area contributed by atoms with Crippen molar-refractivity contribution < 1.29 is 13.9 Å². The van der Waals surface area contributed by atoms with E-state index in [-0.39, 0.29) is 23.5 Å². The third-order valence-corrected chi connectivity index (χ3v) is 6.65. The van der Waals surface area contributed by atoms with Gasteiger partial charge in [-0.15, -0.1) is 0 Å². The number of nitrogens with zero attached hydrogens (tertiary/aromatic N) is 2. The van der Waals surface area contributed by atoms with Gasteiger partial charge in [-0.05, 0) is 49.6 Å². The molecule has 2 aromatic rings. The molecule has 3 fully saturated rings. The first kappa shape index (κ1) is 17.6. The highest BCUT2D eigenvalue weighted by Gasteiger charge is 2.63. The van der Waals surface area contributed by atoms with Crippen LogP contribution in [0.25, 0.3) is 0 Å². The Hall–Kier alpha value is -2.47. The van der Waals surface area contributed by atoms with Crippen LogP contribution < -0.4 is 10.2 Å². The maximum absolute atomic E-state index is 13.4. The number of ether oxygens (including phenoxy) is 1. The van der Waals surface area contributed by atoms with Crippen LogP contribution in [0, 0.1) is 24.6 Å². The van der Waals surface area contributed by atoms with Crippen LogP contribution in [0.5, 0.6) is 0 Å². The molecule has 5 rings (SSSR count). The number of fused-ring (bicyclic) bond motifs is 1. The van der Waals surface area contributed by atoms with Crippen molar-refractivity contribution in [2.45, 2.75) is 31.5 Å². The van der Waals surface area contributed by atoms with Crippen LogP contribution in [0.4, 0.5) is 10.2 Å². The molecule has 1 spiro atoms. The second kappa shape index (κ2) is 6.55. The Morgan fingerprint density at radius 3 is 3.11 bits per heavy atom. The van der Waals surface area contributed by atoms with Gasteiger partial charge in [0.15, 0.2) is 0 Å². The number of halogens is 1. The Kier molecular flexibility index (Phi) is 4.12. The van der Waals surface area contributed by atoms with E-state index < -0.39 is 5.82 Å². The molecule has 1 aromatic heterocycles. The van der Waals surface area contributed by atoms with Gasteiger partial charge in [-0.1, -0.05) is 12.1 Å². The first-order valence-electron chi connectivity index (χ1n) is 9.94. The van der Waals surface area contributed by atoms with E-state index in [2.05, 4.69) is 28.2 Å². The van der Waals surface area contributed by atoms with Crippen LogP contribution in [0.1, 0.15) is 28.8 Å². The predicted octanol–water partition coefficient (Wildman–Crippen LogP) is 2.94. The molecule has 1 aromatic carbocycles.